The molecule has 3 nitrogen and oxygen atoms in total. The molecular weight excluding hydrogens is 234 g/mol. The average Bonchev–Trinajstić information content (AvgIpc) is 2.49. The van der Waals surface area contributed by atoms with E-state index in [4.69, 9.17) is 0 Å². The van der Waals surface area contributed by atoms with E-state index in [0.29, 0.717) is 6.04 Å². The van der Waals surface area contributed by atoms with Crippen LogP contribution in [-0.2, 0) is 0 Å². The number of rotatable bonds is 3. The molecule has 2 heterocycles. The highest BCUT2D eigenvalue weighted by molar-refractivity contribution is 5.82. The van der Waals surface area contributed by atoms with Gasteiger partial charge in [0.05, 0.1) is 5.52 Å². The molecule has 0 amide bonds. The van der Waals surface area contributed by atoms with Crippen molar-refractivity contribution in [2.24, 2.45) is 0 Å². The van der Waals surface area contributed by atoms with E-state index in [2.05, 4.69) is 52.5 Å². The van der Waals surface area contributed by atoms with Crippen LogP contribution in [0.2, 0.25) is 0 Å². The number of pyridine rings is 1. The zero-order chi connectivity index (χ0) is 13.1. The first-order valence-corrected chi connectivity index (χ1v) is 7.18. The van der Waals surface area contributed by atoms with E-state index in [0.717, 1.165) is 38.1 Å². The molecule has 3 heteroatoms. The Morgan fingerprint density at radius 2 is 2.00 bits per heavy atom. The first-order valence-electron chi connectivity index (χ1n) is 7.18. The third-order valence-corrected chi connectivity index (χ3v) is 4.02. The van der Waals surface area contributed by atoms with Crippen LogP contribution in [0.4, 0.5) is 0 Å². The lowest BCUT2D eigenvalue weighted by atomic mass is 9.98. The fourth-order valence-corrected chi connectivity index (χ4v) is 3.08. The molecule has 1 saturated heterocycles. The number of hydrogen-bond acceptors (Lipinski definition) is 3. The molecule has 1 fully saturated rings. The predicted molar refractivity (Wildman–Crippen MR) is 79.2 cm³/mol. The summed E-state index contributed by atoms with van der Waals surface area (Å²) in [5, 5.41) is 4.73. The molecule has 3 rings (SSSR count). The second-order valence-corrected chi connectivity index (χ2v) is 5.13. The van der Waals surface area contributed by atoms with Crippen molar-refractivity contribution in [2.45, 2.75) is 19.4 Å². The van der Waals surface area contributed by atoms with Gasteiger partial charge in [0.2, 0.25) is 0 Å². The van der Waals surface area contributed by atoms with Gasteiger partial charge in [0.15, 0.2) is 0 Å². The van der Waals surface area contributed by atoms with E-state index in [-0.39, 0.29) is 0 Å². The SMILES string of the molecule is CC[C@@H](c1ccnc2ccccc12)N1CCNCC1. The molecular formula is C16H21N3. The summed E-state index contributed by atoms with van der Waals surface area (Å²) in [6.07, 6.45) is 3.09. The lowest BCUT2D eigenvalue weighted by Crippen LogP contribution is -2.45. The number of piperazine rings is 1. The average molecular weight is 255 g/mol. The maximum Gasteiger partial charge on any atom is 0.0705 e. The molecule has 1 aromatic carbocycles. The van der Waals surface area contributed by atoms with Crippen molar-refractivity contribution in [1.82, 2.24) is 15.2 Å². The lowest BCUT2D eigenvalue weighted by molar-refractivity contribution is 0.170. The highest BCUT2D eigenvalue weighted by atomic mass is 15.2. The van der Waals surface area contributed by atoms with Crippen molar-refractivity contribution >= 4 is 10.9 Å². The Kier molecular flexibility index (Phi) is 3.76. The first-order chi connectivity index (χ1) is 9.40. The normalized spacial score (nSPS) is 18.6. The third-order valence-electron chi connectivity index (χ3n) is 4.02. The molecule has 0 radical (unpaired) electrons. The minimum Gasteiger partial charge on any atom is -0.314 e. The van der Waals surface area contributed by atoms with Gasteiger partial charge in [0.1, 0.15) is 0 Å². The third kappa shape index (κ3) is 2.48. The van der Waals surface area contributed by atoms with Crippen LogP contribution >= 0.6 is 0 Å². The smallest absolute Gasteiger partial charge is 0.0705 e. The molecule has 2 aromatic rings. The van der Waals surface area contributed by atoms with Crippen LogP contribution in [0.25, 0.3) is 10.9 Å². The van der Waals surface area contributed by atoms with E-state index in [1.54, 1.807) is 0 Å². The molecule has 19 heavy (non-hydrogen) atoms. The Morgan fingerprint density at radius 3 is 2.79 bits per heavy atom. The Morgan fingerprint density at radius 1 is 1.21 bits per heavy atom. The molecule has 100 valence electrons. The topological polar surface area (TPSA) is 28.2 Å². The molecule has 1 aliphatic heterocycles. The van der Waals surface area contributed by atoms with E-state index >= 15 is 0 Å². The van der Waals surface area contributed by atoms with E-state index in [1.807, 2.05) is 6.20 Å². The quantitative estimate of drug-likeness (QED) is 0.913. The van der Waals surface area contributed by atoms with Crippen LogP contribution in [0.15, 0.2) is 36.5 Å². The van der Waals surface area contributed by atoms with Crippen LogP contribution in [0.1, 0.15) is 24.9 Å². The molecule has 0 bridgehead atoms. The van der Waals surface area contributed by atoms with Crippen molar-refractivity contribution in [3.63, 3.8) is 0 Å². The van der Waals surface area contributed by atoms with Crippen LogP contribution < -0.4 is 5.32 Å². The first kappa shape index (κ1) is 12.6. The zero-order valence-corrected chi connectivity index (χ0v) is 11.5. The second-order valence-electron chi connectivity index (χ2n) is 5.13. The van der Waals surface area contributed by atoms with Crippen LogP contribution in [0, 0.1) is 0 Å². The summed E-state index contributed by atoms with van der Waals surface area (Å²) in [7, 11) is 0. The summed E-state index contributed by atoms with van der Waals surface area (Å²) in [6.45, 7) is 6.74. The van der Waals surface area contributed by atoms with Gasteiger partial charge in [-0.05, 0) is 24.1 Å². The van der Waals surface area contributed by atoms with Crippen LogP contribution in [0.3, 0.4) is 0 Å². The maximum atomic E-state index is 4.47. The number of aromatic nitrogens is 1. The number of fused-ring (bicyclic) bond motifs is 1. The van der Waals surface area contributed by atoms with Crippen molar-refractivity contribution in [1.29, 1.82) is 0 Å². The largest absolute Gasteiger partial charge is 0.314 e. The molecule has 1 aromatic heterocycles. The zero-order valence-electron chi connectivity index (χ0n) is 11.5. The maximum absolute atomic E-state index is 4.47. The minimum atomic E-state index is 0.509. The minimum absolute atomic E-state index is 0.509. The van der Waals surface area contributed by atoms with Gasteiger partial charge in [-0.3, -0.25) is 9.88 Å². The van der Waals surface area contributed by atoms with Crippen molar-refractivity contribution in [3.05, 3.63) is 42.1 Å². The fraction of sp³-hybridized carbons (Fsp3) is 0.438. The van der Waals surface area contributed by atoms with Gasteiger partial charge in [-0.25, -0.2) is 0 Å². The van der Waals surface area contributed by atoms with Crippen LogP contribution in [-0.4, -0.2) is 36.1 Å². The van der Waals surface area contributed by atoms with Gasteiger partial charge in [-0.2, -0.15) is 0 Å². The van der Waals surface area contributed by atoms with Gasteiger partial charge >= 0.3 is 0 Å². The fourth-order valence-electron chi connectivity index (χ4n) is 3.08. The molecule has 1 aliphatic rings. The molecule has 1 atom stereocenters. The monoisotopic (exact) mass is 255 g/mol. The summed E-state index contributed by atoms with van der Waals surface area (Å²) in [5.41, 5.74) is 2.53. The summed E-state index contributed by atoms with van der Waals surface area (Å²) >= 11 is 0. The van der Waals surface area contributed by atoms with E-state index in [9.17, 15) is 0 Å². The highest BCUT2D eigenvalue weighted by Crippen LogP contribution is 2.29. The number of nitrogens with one attached hydrogen (secondary N) is 1. The Hall–Kier alpha value is -1.45. The summed E-state index contributed by atoms with van der Waals surface area (Å²) < 4.78 is 0. The van der Waals surface area contributed by atoms with Crippen molar-refractivity contribution in [2.75, 3.05) is 26.2 Å². The Balaban J connectivity index is 2.00. The molecule has 0 aliphatic carbocycles. The van der Waals surface area contributed by atoms with Gasteiger partial charge in [-0.1, -0.05) is 25.1 Å². The highest BCUT2D eigenvalue weighted by Gasteiger charge is 2.21. The van der Waals surface area contributed by atoms with Crippen molar-refractivity contribution in [3.8, 4) is 0 Å². The van der Waals surface area contributed by atoms with E-state index in [1.165, 1.54) is 10.9 Å². The summed E-state index contributed by atoms with van der Waals surface area (Å²) in [5.74, 6) is 0. The predicted octanol–water partition coefficient (Wildman–Crippen LogP) is 2.59. The number of nitrogens with zero attached hydrogens (tertiary/aromatic N) is 2. The molecule has 0 spiro atoms. The van der Waals surface area contributed by atoms with Gasteiger partial charge < -0.3 is 5.32 Å². The Bertz CT molecular complexity index is 541. The molecule has 1 N–H and O–H groups in total. The molecule has 0 unspecified atom stereocenters. The van der Waals surface area contributed by atoms with Crippen LogP contribution in [0.5, 0.6) is 0 Å². The second kappa shape index (κ2) is 5.68. The summed E-state index contributed by atoms with van der Waals surface area (Å²) in [4.78, 5) is 7.07. The van der Waals surface area contributed by atoms with Gasteiger partial charge in [-0.15, -0.1) is 0 Å². The molecule has 0 saturated carbocycles. The summed E-state index contributed by atoms with van der Waals surface area (Å²) in [6, 6.07) is 11.2. The number of hydrogen-bond donors (Lipinski definition) is 1. The lowest BCUT2D eigenvalue weighted by Gasteiger charge is -2.35. The Labute approximate surface area is 114 Å². The number of para-hydroxylation sites is 1. The van der Waals surface area contributed by atoms with Gasteiger partial charge in [0.25, 0.3) is 0 Å². The standard InChI is InChI=1S/C16H21N3/c1-2-16(19-11-9-17-10-12-19)14-7-8-18-15-6-4-3-5-13(14)15/h3-8,16-17H,2,9-12H2,1H3/t16-/m0/s1. The number of benzene rings is 1. The van der Waals surface area contributed by atoms with E-state index < -0.39 is 0 Å². The van der Waals surface area contributed by atoms with Gasteiger partial charge in [0, 0.05) is 43.8 Å². The van der Waals surface area contributed by atoms with Crippen molar-refractivity contribution < 1.29 is 0 Å².